The van der Waals surface area contributed by atoms with Gasteiger partial charge in [-0.15, -0.1) is 0 Å². The summed E-state index contributed by atoms with van der Waals surface area (Å²) in [5, 5.41) is 11.0. The van der Waals surface area contributed by atoms with Crippen LogP contribution in [0.2, 0.25) is 0 Å². The Morgan fingerprint density at radius 1 is 1.33 bits per heavy atom. The monoisotopic (exact) mass is 292 g/mol. The molecular weight excluding hydrogens is 264 g/mol. The standard InChI is InChI=1S/C16H28N4O/c1-5-8-11-9-14(11)19-16(17-4)18-10-12-13(6-2)20-21-15(12)7-3/h11,14H,5-10H2,1-4H3,(H2,17,18,19). The van der Waals surface area contributed by atoms with Crippen molar-refractivity contribution in [3.05, 3.63) is 17.0 Å². The lowest BCUT2D eigenvalue weighted by atomic mass is 10.1. The zero-order chi connectivity index (χ0) is 15.2. The predicted octanol–water partition coefficient (Wildman–Crippen LogP) is 2.65. The molecule has 0 radical (unpaired) electrons. The van der Waals surface area contributed by atoms with Crippen LogP contribution >= 0.6 is 0 Å². The lowest BCUT2D eigenvalue weighted by molar-refractivity contribution is 0.380. The van der Waals surface area contributed by atoms with Crippen LogP contribution in [0.25, 0.3) is 0 Å². The number of aromatic nitrogens is 1. The summed E-state index contributed by atoms with van der Waals surface area (Å²) < 4.78 is 5.39. The van der Waals surface area contributed by atoms with E-state index in [0.717, 1.165) is 42.7 Å². The van der Waals surface area contributed by atoms with E-state index in [4.69, 9.17) is 4.52 Å². The largest absolute Gasteiger partial charge is 0.361 e. The molecule has 0 aliphatic heterocycles. The number of nitrogens with zero attached hydrogens (tertiary/aromatic N) is 2. The van der Waals surface area contributed by atoms with E-state index in [9.17, 15) is 0 Å². The minimum absolute atomic E-state index is 0.593. The van der Waals surface area contributed by atoms with Crippen LogP contribution in [-0.2, 0) is 19.4 Å². The van der Waals surface area contributed by atoms with Crippen LogP contribution in [0.15, 0.2) is 9.52 Å². The highest BCUT2D eigenvalue weighted by atomic mass is 16.5. The average Bonchev–Trinajstić information content (AvgIpc) is 3.10. The van der Waals surface area contributed by atoms with Crippen molar-refractivity contribution in [2.75, 3.05) is 7.05 Å². The van der Waals surface area contributed by atoms with E-state index in [1.165, 1.54) is 24.8 Å². The van der Waals surface area contributed by atoms with Gasteiger partial charge >= 0.3 is 0 Å². The van der Waals surface area contributed by atoms with E-state index < -0.39 is 0 Å². The second-order valence-electron chi connectivity index (χ2n) is 5.70. The third-order valence-electron chi connectivity index (χ3n) is 4.17. The summed E-state index contributed by atoms with van der Waals surface area (Å²) in [6.07, 6.45) is 5.60. The molecule has 118 valence electrons. The smallest absolute Gasteiger partial charge is 0.191 e. The number of hydrogen-bond donors (Lipinski definition) is 2. The molecule has 2 rings (SSSR count). The first kappa shape index (κ1) is 15.9. The Balaban J connectivity index is 1.88. The molecule has 1 aliphatic rings. The molecule has 1 aromatic heterocycles. The summed E-state index contributed by atoms with van der Waals surface area (Å²) in [6.45, 7) is 7.16. The molecule has 21 heavy (non-hydrogen) atoms. The van der Waals surface area contributed by atoms with Gasteiger partial charge in [-0.25, -0.2) is 0 Å². The van der Waals surface area contributed by atoms with Crippen LogP contribution in [0, 0.1) is 5.92 Å². The molecule has 5 heteroatoms. The second-order valence-corrected chi connectivity index (χ2v) is 5.70. The number of aryl methyl sites for hydroxylation is 2. The van der Waals surface area contributed by atoms with Gasteiger partial charge in [-0.1, -0.05) is 32.3 Å². The Morgan fingerprint density at radius 3 is 2.76 bits per heavy atom. The molecule has 1 aromatic rings. The highest BCUT2D eigenvalue weighted by molar-refractivity contribution is 5.80. The van der Waals surface area contributed by atoms with Gasteiger partial charge in [-0.2, -0.15) is 0 Å². The Labute approximate surface area is 127 Å². The van der Waals surface area contributed by atoms with E-state index in [0.29, 0.717) is 6.04 Å². The highest BCUT2D eigenvalue weighted by Crippen LogP contribution is 2.34. The fraction of sp³-hybridized carbons (Fsp3) is 0.750. The first-order valence-corrected chi connectivity index (χ1v) is 8.16. The van der Waals surface area contributed by atoms with Crippen LogP contribution in [0.3, 0.4) is 0 Å². The van der Waals surface area contributed by atoms with E-state index in [1.54, 1.807) is 0 Å². The zero-order valence-corrected chi connectivity index (χ0v) is 13.7. The molecule has 0 aromatic carbocycles. The van der Waals surface area contributed by atoms with Gasteiger partial charge in [0.15, 0.2) is 5.96 Å². The minimum atomic E-state index is 0.593. The van der Waals surface area contributed by atoms with Crippen molar-refractivity contribution in [2.24, 2.45) is 10.9 Å². The van der Waals surface area contributed by atoms with Crippen molar-refractivity contribution in [2.45, 2.75) is 65.5 Å². The summed E-state index contributed by atoms with van der Waals surface area (Å²) in [5.41, 5.74) is 2.23. The lowest BCUT2D eigenvalue weighted by Gasteiger charge is -2.12. The van der Waals surface area contributed by atoms with Crippen molar-refractivity contribution < 1.29 is 4.52 Å². The number of rotatable bonds is 7. The van der Waals surface area contributed by atoms with Crippen LogP contribution in [0.1, 0.15) is 57.1 Å². The lowest BCUT2D eigenvalue weighted by Crippen LogP contribution is -2.39. The first-order valence-electron chi connectivity index (χ1n) is 8.16. The maximum absolute atomic E-state index is 5.39. The second kappa shape index (κ2) is 7.48. The van der Waals surface area contributed by atoms with Gasteiger partial charge < -0.3 is 15.2 Å². The predicted molar refractivity (Wildman–Crippen MR) is 85.4 cm³/mol. The molecule has 2 atom stereocenters. The molecule has 2 N–H and O–H groups in total. The summed E-state index contributed by atoms with van der Waals surface area (Å²) in [4.78, 5) is 4.32. The van der Waals surface area contributed by atoms with E-state index in [2.05, 4.69) is 41.6 Å². The molecule has 1 heterocycles. The number of guanidine groups is 1. The number of nitrogens with one attached hydrogen (secondary N) is 2. The van der Waals surface area contributed by atoms with Crippen molar-refractivity contribution >= 4 is 5.96 Å². The van der Waals surface area contributed by atoms with Crippen LogP contribution in [0.4, 0.5) is 0 Å². The Morgan fingerprint density at radius 2 is 2.14 bits per heavy atom. The maximum Gasteiger partial charge on any atom is 0.191 e. The SMILES string of the molecule is CCCC1CC1NC(=NC)NCc1c(CC)noc1CC. The fourth-order valence-corrected chi connectivity index (χ4v) is 2.79. The molecule has 0 amide bonds. The first-order chi connectivity index (χ1) is 10.2. The Kier molecular flexibility index (Phi) is 5.65. The average molecular weight is 292 g/mol. The molecule has 1 saturated carbocycles. The molecule has 0 saturated heterocycles. The van der Waals surface area contributed by atoms with Gasteiger partial charge in [0.25, 0.3) is 0 Å². The van der Waals surface area contributed by atoms with E-state index in [-0.39, 0.29) is 0 Å². The molecule has 0 spiro atoms. The van der Waals surface area contributed by atoms with E-state index >= 15 is 0 Å². The summed E-state index contributed by atoms with van der Waals surface area (Å²) >= 11 is 0. The van der Waals surface area contributed by atoms with Gasteiger partial charge in [0.1, 0.15) is 5.76 Å². The number of aliphatic imine (C=N–C) groups is 1. The topological polar surface area (TPSA) is 62.5 Å². The summed E-state index contributed by atoms with van der Waals surface area (Å²) in [7, 11) is 1.82. The highest BCUT2D eigenvalue weighted by Gasteiger charge is 2.36. The number of hydrogen-bond acceptors (Lipinski definition) is 3. The third-order valence-corrected chi connectivity index (χ3v) is 4.17. The van der Waals surface area contributed by atoms with Gasteiger partial charge in [0.2, 0.25) is 0 Å². The zero-order valence-electron chi connectivity index (χ0n) is 13.7. The van der Waals surface area contributed by atoms with Crippen molar-refractivity contribution in [1.29, 1.82) is 0 Å². The van der Waals surface area contributed by atoms with Crippen molar-refractivity contribution in [3.8, 4) is 0 Å². The van der Waals surface area contributed by atoms with Crippen molar-refractivity contribution in [3.63, 3.8) is 0 Å². The van der Waals surface area contributed by atoms with Crippen LogP contribution < -0.4 is 10.6 Å². The van der Waals surface area contributed by atoms with Crippen LogP contribution in [0.5, 0.6) is 0 Å². The Bertz CT molecular complexity index is 459. The van der Waals surface area contributed by atoms with Gasteiger partial charge in [0.05, 0.1) is 5.69 Å². The molecule has 5 nitrogen and oxygen atoms in total. The van der Waals surface area contributed by atoms with Crippen molar-refractivity contribution in [1.82, 2.24) is 15.8 Å². The van der Waals surface area contributed by atoms with Gasteiger partial charge in [0, 0.05) is 31.6 Å². The van der Waals surface area contributed by atoms with Gasteiger partial charge in [-0.3, -0.25) is 4.99 Å². The molecule has 1 aliphatic carbocycles. The molecule has 2 unspecified atom stereocenters. The van der Waals surface area contributed by atoms with Gasteiger partial charge in [-0.05, 0) is 25.2 Å². The third kappa shape index (κ3) is 3.99. The van der Waals surface area contributed by atoms with E-state index in [1.807, 2.05) is 7.05 Å². The maximum atomic E-state index is 5.39. The quantitative estimate of drug-likeness (QED) is 0.599. The van der Waals surface area contributed by atoms with Crippen LogP contribution in [-0.4, -0.2) is 24.2 Å². The minimum Gasteiger partial charge on any atom is -0.361 e. The Hall–Kier alpha value is -1.52. The normalized spacial score (nSPS) is 21.4. The molecule has 1 fully saturated rings. The molecular formula is C16H28N4O. The molecule has 0 bridgehead atoms. The summed E-state index contributed by atoms with van der Waals surface area (Å²) in [5.74, 6) is 2.68. The fourth-order valence-electron chi connectivity index (χ4n) is 2.79. The summed E-state index contributed by atoms with van der Waals surface area (Å²) in [6, 6.07) is 0.593.